The predicted molar refractivity (Wildman–Crippen MR) is 135 cm³/mol. The number of amides is 4. The Kier molecular flexibility index (Phi) is 8.10. The van der Waals surface area contributed by atoms with E-state index >= 15 is 0 Å². The van der Waals surface area contributed by atoms with Crippen molar-refractivity contribution in [2.24, 2.45) is 0 Å². The van der Waals surface area contributed by atoms with Gasteiger partial charge in [-0.15, -0.1) is 0 Å². The molecule has 0 aromatic heterocycles. The molecule has 2 heterocycles. The summed E-state index contributed by atoms with van der Waals surface area (Å²) in [5.74, 6) is -0.434. The monoisotopic (exact) mass is 485 g/mol. The Bertz CT molecular complexity index is 982. The van der Waals surface area contributed by atoms with Gasteiger partial charge in [0, 0.05) is 50.5 Å². The molecule has 0 saturated carbocycles. The Hall–Kier alpha value is -3.07. The molecule has 1 aromatic rings. The van der Waals surface area contributed by atoms with Gasteiger partial charge in [-0.05, 0) is 47.1 Å². The molecule has 3 rings (SSSR count). The van der Waals surface area contributed by atoms with E-state index in [1.54, 1.807) is 14.0 Å². The van der Waals surface area contributed by atoms with Gasteiger partial charge in [0.2, 0.25) is 0 Å². The number of piperazine rings is 1. The molecule has 1 aromatic carbocycles. The van der Waals surface area contributed by atoms with Crippen molar-refractivity contribution in [3.63, 3.8) is 0 Å². The number of carbonyl (C=O) groups is 3. The summed E-state index contributed by atoms with van der Waals surface area (Å²) >= 11 is 0. The number of nitrogens with zero attached hydrogens (tertiary/aromatic N) is 3. The largest absolute Gasteiger partial charge is 0.463 e. The fraction of sp³-hybridized carbons (Fsp3) is 0.577. The lowest BCUT2D eigenvalue weighted by atomic mass is 9.93. The molecule has 0 unspecified atom stereocenters. The molecule has 0 radical (unpaired) electrons. The Morgan fingerprint density at radius 1 is 1.17 bits per heavy atom. The Labute approximate surface area is 208 Å². The van der Waals surface area contributed by atoms with E-state index in [0.29, 0.717) is 37.4 Å². The van der Waals surface area contributed by atoms with E-state index in [-0.39, 0.29) is 30.2 Å². The number of esters is 1. The smallest absolute Gasteiger partial charge is 0.338 e. The minimum atomic E-state index is -0.593. The minimum Gasteiger partial charge on any atom is -0.463 e. The van der Waals surface area contributed by atoms with E-state index in [1.165, 1.54) is 4.90 Å². The maximum atomic E-state index is 13.2. The van der Waals surface area contributed by atoms with Gasteiger partial charge in [-0.1, -0.05) is 29.8 Å². The van der Waals surface area contributed by atoms with Crippen LogP contribution in [0.15, 0.2) is 35.5 Å². The molecule has 2 aliphatic heterocycles. The molecule has 0 aliphatic carbocycles. The van der Waals surface area contributed by atoms with Gasteiger partial charge >= 0.3 is 18.0 Å². The van der Waals surface area contributed by atoms with Crippen LogP contribution in [0.3, 0.4) is 0 Å². The number of urea groups is 2. The van der Waals surface area contributed by atoms with Gasteiger partial charge < -0.3 is 20.3 Å². The molecule has 9 heteroatoms. The maximum Gasteiger partial charge on any atom is 0.338 e. The zero-order chi connectivity index (χ0) is 25.9. The van der Waals surface area contributed by atoms with Crippen molar-refractivity contribution >= 4 is 18.0 Å². The fourth-order valence-corrected chi connectivity index (χ4v) is 4.49. The first-order valence-electron chi connectivity index (χ1n) is 12.2. The number of rotatable bonds is 5. The number of nitrogens with one attached hydrogen (secondary N) is 2. The Balaban J connectivity index is 1.88. The molecule has 1 saturated heterocycles. The summed E-state index contributed by atoms with van der Waals surface area (Å²) < 4.78 is 5.42. The number of hydrogen-bond donors (Lipinski definition) is 2. The second-order valence-electron chi connectivity index (χ2n) is 10.4. The molecule has 0 bridgehead atoms. The van der Waals surface area contributed by atoms with Gasteiger partial charge in [0.25, 0.3) is 0 Å². The number of benzene rings is 1. The molecule has 35 heavy (non-hydrogen) atoms. The van der Waals surface area contributed by atoms with Crippen LogP contribution in [0.5, 0.6) is 0 Å². The fourth-order valence-electron chi connectivity index (χ4n) is 4.49. The van der Waals surface area contributed by atoms with Crippen LogP contribution in [-0.4, -0.2) is 84.1 Å². The third kappa shape index (κ3) is 6.33. The average Bonchev–Trinajstić information content (AvgIpc) is 2.76. The van der Waals surface area contributed by atoms with Crippen LogP contribution in [0.1, 0.15) is 51.8 Å². The lowest BCUT2D eigenvalue weighted by Crippen LogP contribution is -2.59. The summed E-state index contributed by atoms with van der Waals surface area (Å²) in [6.45, 7) is 14.1. The van der Waals surface area contributed by atoms with Crippen molar-refractivity contribution in [3.8, 4) is 0 Å². The predicted octanol–water partition coefficient (Wildman–Crippen LogP) is 3.02. The highest BCUT2D eigenvalue weighted by atomic mass is 16.5. The first-order valence-corrected chi connectivity index (χ1v) is 12.2. The molecule has 2 N–H and O–H groups in total. The molecular weight excluding hydrogens is 446 g/mol. The van der Waals surface area contributed by atoms with Crippen LogP contribution >= 0.6 is 0 Å². The summed E-state index contributed by atoms with van der Waals surface area (Å²) in [7, 11) is 1.67. The van der Waals surface area contributed by atoms with Gasteiger partial charge in [-0.2, -0.15) is 0 Å². The zero-order valence-electron chi connectivity index (χ0n) is 22.0. The van der Waals surface area contributed by atoms with Crippen LogP contribution in [0.4, 0.5) is 9.59 Å². The van der Waals surface area contributed by atoms with Crippen LogP contribution in [0, 0.1) is 6.92 Å². The van der Waals surface area contributed by atoms with Crippen LogP contribution in [-0.2, 0) is 9.53 Å². The van der Waals surface area contributed by atoms with E-state index in [4.69, 9.17) is 4.74 Å². The number of carbonyl (C=O) groups excluding carboxylic acids is 3. The van der Waals surface area contributed by atoms with E-state index in [9.17, 15) is 14.4 Å². The van der Waals surface area contributed by atoms with Crippen LogP contribution in [0.2, 0.25) is 0 Å². The van der Waals surface area contributed by atoms with Crippen LogP contribution in [0.25, 0.3) is 0 Å². The number of likely N-dealkylation sites (N-methyl/N-ethyl adjacent to an activating group) is 1. The van der Waals surface area contributed by atoms with Crippen LogP contribution < -0.4 is 10.6 Å². The normalized spacial score (nSPS) is 21.6. The topological polar surface area (TPSA) is 94.2 Å². The minimum absolute atomic E-state index is 0.0200. The van der Waals surface area contributed by atoms with E-state index in [2.05, 4.69) is 15.5 Å². The summed E-state index contributed by atoms with van der Waals surface area (Å²) in [4.78, 5) is 44.3. The molecule has 4 amide bonds. The molecule has 1 fully saturated rings. The van der Waals surface area contributed by atoms with Gasteiger partial charge in [-0.25, -0.2) is 14.4 Å². The van der Waals surface area contributed by atoms with Gasteiger partial charge in [0.1, 0.15) is 0 Å². The van der Waals surface area contributed by atoms with Gasteiger partial charge in [0.15, 0.2) is 0 Å². The first kappa shape index (κ1) is 26.5. The lowest BCUT2D eigenvalue weighted by molar-refractivity contribution is -0.139. The quantitative estimate of drug-likeness (QED) is 0.626. The van der Waals surface area contributed by atoms with E-state index in [0.717, 1.165) is 11.1 Å². The van der Waals surface area contributed by atoms with E-state index in [1.807, 2.05) is 63.8 Å². The average molecular weight is 486 g/mol. The highest BCUT2D eigenvalue weighted by Gasteiger charge is 2.38. The molecular formula is C26H39N5O4. The van der Waals surface area contributed by atoms with Crippen molar-refractivity contribution in [2.75, 3.05) is 39.8 Å². The maximum absolute atomic E-state index is 13.2. The zero-order valence-corrected chi connectivity index (χ0v) is 22.0. The van der Waals surface area contributed by atoms with Crippen molar-refractivity contribution in [3.05, 3.63) is 46.7 Å². The van der Waals surface area contributed by atoms with Gasteiger partial charge in [0.05, 0.1) is 18.2 Å². The van der Waals surface area contributed by atoms with Crippen molar-refractivity contribution in [2.45, 2.75) is 59.2 Å². The second-order valence-corrected chi connectivity index (χ2v) is 10.4. The second kappa shape index (κ2) is 10.7. The van der Waals surface area contributed by atoms with Crippen molar-refractivity contribution in [1.82, 2.24) is 25.3 Å². The SMILES string of the molecule is CCOC(=O)C1=C(CN2CCN(C(=O)NC(C)(C)C)[C@H](C)C2)N(C)C(=O)N[C@@H]1c1ccc(C)cc1. The van der Waals surface area contributed by atoms with Crippen molar-refractivity contribution in [1.29, 1.82) is 0 Å². The van der Waals surface area contributed by atoms with Gasteiger partial charge in [-0.3, -0.25) is 9.80 Å². The summed E-state index contributed by atoms with van der Waals surface area (Å²) in [5, 5.41) is 5.99. The molecule has 192 valence electrons. The highest BCUT2D eigenvalue weighted by Crippen LogP contribution is 2.32. The lowest BCUT2D eigenvalue weighted by Gasteiger charge is -2.43. The summed E-state index contributed by atoms with van der Waals surface area (Å²) in [6.07, 6.45) is 0. The Morgan fingerprint density at radius 2 is 1.83 bits per heavy atom. The number of hydrogen-bond acceptors (Lipinski definition) is 5. The van der Waals surface area contributed by atoms with E-state index < -0.39 is 12.0 Å². The third-order valence-electron chi connectivity index (χ3n) is 6.31. The highest BCUT2D eigenvalue weighted by molar-refractivity contribution is 5.95. The Morgan fingerprint density at radius 3 is 2.40 bits per heavy atom. The first-order chi connectivity index (χ1) is 16.4. The van der Waals surface area contributed by atoms with Crippen molar-refractivity contribution < 1.29 is 19.1 Å². The third-order valence-corrected chi connectivity index (χ3v) is 6.31. The standard InChI is InChI=1S/C26H39N5O4/c1-8-35-23(32)21-20(29(7)24(33)27-22(21)19-11-9-17(2)10-12-19)16-30-13-14-31(18(3)15-30)25(34)28-26(4,5)6/h9-12,18,22H,8,13-16H2,1-7H3,(H,27,33)(H,28,34)/t18-,22-/m1/s1. The number of ether oxygens (including phenoxy) is 1. The molecule has 2 atom stereocenters. The summed E-state index contributed by atoms with van der Waals surface area (Å²) in [5.41, 5.74) is 2.68. The summed E-state index contributed by atoms with van der Waals surface area (Å²) in [6, 6.07) is 6.82. The molecule has 2 aliphatic rings. The number of aryl methyl sites for hydroxylation is 1. The molecule has 9 nitrogen and oxygen atoms in total. The molecule has 0 spiro atoms.